The van der Waals surface area contributed by atoms with Crippen LogP contribution in [0.15, 0.2) is 0 Å². The highest BCUT2D eigenvalue weighted by Crippen LogP contribution is 2.65. The second-order valence-corrected chi connectivity index (χ2v) is 6.57. The molecule has 0 aromatic carbocycles. The molecule has 4 rings (SSSR count). The molecular formula is C14H22N2O. The maximum Gasteiger partial charge on any atom is 0.224 e. The van der Waals surface area contributed by atoms with E-state index in [9.17, 15) is 4.79 Å². The Labute approximate surface area is 103 Å². The molecule has 3 heteroatoms. The van der Waals surface area contributed by atoms with E-state index >= 15 is 0 Å². The van der Waals surface area contributed by atoms with Gasteiger partial charge in [0.05, 0.1) is 5.92 Å². The summed E-state index contributed by atoms with van der Waals surface area (Å²) in [4.78, 5) is 12.2. The van der Waals surface area contributed by atoms with Gasteiger partial charge in [-0.1, -0.05) is 0 Å². The van der Waals surface area contributed by atoms with Crippen LogP contribution in [0.1, 0.15) is 32.1 Å². The average molecular weight is 234 g/mol. The van der Waals surface area contributed by atoms with Crippen LogP contribution in [0.4, 0.5) is 0 Å². The zero-order chi connectivity index (χ0) is 11.4. The molecule has 94 valence electrons. The number of hydrogen-bond donors (Lipinski definition) is 2. The molecule has 4 aliphatic rings. The largest absolute Gasteiger partial charge is 0.352 e. The second kappa shape index (κ2) is 3.71. The predicted octanol–water partition coefficient (Wildman–Crippen LogP) is 1.15. The Morgan fingerprint density at radius 1 is 1.12 bits per heavy atom. The second-order valence-electron chi connectivity index (χ2n) is 6.57. The van der Waals surface area contributed by atoms with Crippen LogP contribution < -0.4 is 10.6 Å². The first-order valence-corrected chi connectivity index (χ1v) is 7.35. The minimum atomic E-state index is 0.239. The van der Waals surface area contributed by atoms with E-state index in [1.807, 2.05) is 0 Å². The Kier molecular flexibility index (Phi) is 2.26. The normalized spacial score (nSPS) is 51.1. The maximum absolute atomic E-state index is 12.2. The molecule has 4 fully saturated rings. The zero-order valence-electron chi connectivity index (χ0n) is 10.3. The van der Waals surface area contributed by atoms with E-state index in [4.69, 9.17) is 0 Å². The third kappa shape index (κ3) is 1.55. The van der Waals surface area contributed by atoms with Crippen molar-refractivity contribution in [2.75, 3.05) is 13.1 Å². The standard InChI is InChI=1S/C14H22N2O/c17-14(10-2-1-5-15-7-10)16-13-11-8-3-4-9(6-8)12(11)13/h8-13,15H,1-7H2,(H,16,17)/t8?,9?,10-,11?,12?,13?/m0/s1. The molecule has 1 heterocycles. The quantitative estimate of drug-likeness (QED) is 0.752. The van der Waals surface area contributed by atoms with Crippen molar-refractivity contribution in [1.29, 1.82) is 0 Å². The fraction of sp³-hybridized carbons (Fsp3) is 0.929. The summed E-state index contributed by atoms with van der Waals surface area (Å²) in [5.41, 5.74) is 0. The van der Waals surface area contributed by atoms with E-state index in [0.717, 1.165) is 49.6 Å². The van der Waals surface area contributed by atoms with Crippen LogP contribution >= 0.6 is 0 Å². The van der Waals surface area contributed by atoms with E-state index in [1.54, 1.807) is 0 Å². The molecule has 0 radical (unpaired) electrons. The fourth-order valence-corrected chi connectivity index (χ4v) is 4.88. The van der Waals surface area contributed by atoms with Gasteiger partial charge in [-0.3, -0.25) is 4.79 Å². The van der Waals surface area contributed by atoms with Crippen molar-refractivity contribution in [3.05, 3.63) is 0 Å². The Hall–Kier alpha value is -0.570. The number of carbonyl (C=O) groups is 1. The third-order valence-electron chi connectivity index (χ3n) is 5.71. The molecule has 17 heavy (non-hydrogen) atoms. The van der Waals surface area contributed by atoms with Gasteiger partial charge in [0, 0.05) is 12.6 Å². The summed E-state index contributed by atoms with van der Waals surface area (Å²) in [6.45, 7) is 1.98. The summed E-state index contributed by atoms with van der Waals surface area (Å²) in [5, 5.41) is 6.68. The summed E-state index contributed by atoms with van der Waals surface area (Å²) >= 11 is 0. The van der Waals surface area contributed by atoms with Crippen LogP contribution in [0.3, 0.4) is 0 Å². The number of fused-ring (bicyclic) bond motifs is 5. The van der Waals surface area contributed by atoms with Gasteiger partial charge in [-0.2, -0.15) is 0 Å². The number of hydrogen-bond acceptors (Lipinski definition) is 2. The van der Waals surface area contributed by atoms with E-state index in [2.05, 4.69) is 10.6 Å². The molecular weight excluding hydrogens is 212 g/mol. The molecule has 3 saturated carbocycles. The smallest absolute Gasteiger partial charge is 0.224 e. The lowest BCUT2D eigenvalue weighted by Crippen LogP contribution is -2.42. The molecule has 0 aromatic heterocycles. The van der Waals surface area contributed by atoms with Gasteiger partial charge in [0.2, 0.25) is 5.91 Å². The van der Waals surface area contributed by atoms with Crippen molar-refractivity contribution < 1.29 is 4.79 Å². The lowest BCUT2D eigenvalue weighted by atomic mass is 9.98. The van der Waals surface area contributed by atoms with E-state index in [0.29, 0.717) is 11.9 Å². The van der Waals surface area contributed by atoms with Crippen LogP contribution in [0.2, 0.25) is 0 Å². The minimum absolute atomic E-state index is 0.239. The Morgan fingerprint density at radius 3 is 2.53 bits per heavy atom. The van der Waals surface area contributed by atoms with Gasteiger partial charge in [-0.05, 0) is 62.3 Å². The SMILES string of the molecule is O=C(NC1C2C3CCC(C3)C12)[C@H]1CCCNC1. The van der Waals surface area contributed by atoms with Crippen molar-refractivity contribution in [2.45, 2.75) is 38.1 Å². The summed E-state index contributed by atoms with van der Waals surface area (Å²) < 4.78 is 0. The Bertz CT molecular complexity index is 321. The minimum Gasteiger partial charge on any atom is -0.352 e. The number of rotatable bonds is 2. The van der Waals surface area contributed by atoms with Crippen molar-refractivity contribution in [3.8, 4) is 0 Å². The van der Waals surface area contributed by atoms with Crippen molar-refractivity contribution in [3.63, 3.8) is 0 Å². The Morgan fingerprint density at radius 2 is 1.88 bits per heavy atom. The third-order valence-corrected chi connectivity index (χ3v) is 5.71. The monoisotopic (exact) mass is 234 g/mol. The predicted molar refractivity (Wildman–Crippen MR) is 65.3 cm³/mol. The van der Waals surface area contributed by atoms with E-state index < -0.39 is 0 Å². The first-order chi connectivity index (χ1) is 8.34. The molecule has 1 amide bonds. The summed E-state index contributed by atoms with van der Waals surface area (Å²) in [6, 6.07) is 0.565. The summed E-state index contributed by atoms with van der Waals surface area (Å²) in [5.74, 6) is 4.22. The molecule has 0 spiro atoms. The highest BCUT2D eigenvalue weighted by molar-refractivity contribution is 5.79. The lowest BCUT2D eigenvalue weighted by molar-refractivity contribution is -0.125. The molecule has 2 bridgehead atoms. The van der Waals surface area contributed by atoms with Crippen LogP contribution in [-0.2, 0) is 4.79 Å². The van der Waals surface area contributed by atoms with Crippen molar-refractivity contribution >= 4 is 5.91 Å². The molecule has 2 N–H and O–H groups in total. The number of amides is 1. The van der Waals surface area contributed by atoms with Gasteiger partial charge in [-0.25, -0.2) is 0 Å². The number of carbonyl (C=O) groups excluding carboxylic acids is 1. The number of nitrogens with one attached hydrogen (secondary N) is 2. The van der Waals surface area contributed by atoms with Crippen LogP contribution in [-0.4, -0.2) is 25.0 Å². The van der Waals surface area contributed by atoms with Gasteiger partial charge >= 0.3 is 0 Å². The molecule has 5 atom stereocenters. The van der Waals surface area contributed by atoms with Crippen molar-refractivity contribution in [2.24, 2.45) is 29.6 Å². The lowest BCUT2D eigenvalue weighted by Gasteiger charge is -2.22. The first kappa shape index (κ1) is 10.4. The van der Waals surface area contributed by atoms with E-state index in [1.165, 1.54) is 19.3 Å². The number of piperidine rings is 1. The van der Waals surface area contributed by atoms with E-state index in [-0.39, 0.29) is 5.92 Å². The van der Waals surface area contributed by atoms with Gasteiger partial charge in [0.25, 0.3) is 0 Å². The molecule has 3 aliphatic carbocycles. The highest BCUT2D eigenvalue weighted by Gasteiger charge is 2.65. The maximum atomic E-state index is 12.2. The van der Waals surface area contributed by atoms with Gasteiger partial charge in [0.1, 0.15) is 0 Å². The zero-order valence-corrected chi connectivity index (χ0v) is 10.3. The highest BCUT2D eigenvalue weighted by atomic mass is 16.2. The fourth-order valence-electron chi connectivity index (χ4n) is 4.88. The molecule has 1 aliphatic heterocycles. The first-order valence-electron chi connectivity index (χ1n) is 7.35. The topological polar surface area (TPSA) is 41.1 Å². The summed E-state index contributed by atoms with van der Waals surface area (Å²) in [7, 11) is 0. The van der Waals surface area contributed by atoms with Crippen LogP contribution in [0, 0.1) is 29.6 Å². The molecule has 3 nitrogen and oxygen atoms in total. The average Bonchev–Trinajstić information content (AvgIpc) is 2.76. The molecule has 1 saturated heterocycles. The van der Waals surface area contributed by atoms with Gasteiger partial charge in [0.15, 0.2) is 0 Å². The van der Waals surface area contributed by atoms with Crippen LogP contribution in [0.5, 0.6) is 0 Å². The molecule has 4 unspecified atom stereocenters. The molecule has 0 aromatic rings. The summed E-state index contributed by atoms with van der Waals surface area (Å²) in [6.07, 6.45) is 6.56. The van der Waals surface area contributed by atoms with Gasteiger partial charge < -0.3 is 10.6 Å². The van der Waals surface area contributed by atoms with Crippen molar-refractivity contribution in [1.82, 2.24) is 10.6 Å². The van der Waals surface area contributed by atoms with Gasteiger partial charge in [-0.15, -0.1) is 0 Å². The Balaban J connectivity index is 1.35. The van der Waals surface area contributed by atoms with Crippen LogP contribution in [0.25, 0.3) is 0 Å².